The average molecular weight is 261 g/mol. The molecule has 0 spiro atoms. The molecule has 3 nitrogen and oxygen atoms in total. The van der Waals surface area contributed by atoms with Crippen molar-refractivity contribution in [1.29, 1.82) is 0 Å². The van der Waals surface area contributed by atoms with E-state index >= 15 is 0 Å². The molecule has 2 N–H and O–H groups in total. The van der Waals surface area contributed by atoms with Crippen molar-refractivity contribution in [2.45, 2.75) is 51.9 Å². The van der Waals surface area contributed by atoms with Crippen molar-refractivity contribution in [2.24, 2.45) is 5.92 Å². The SMILES string of the molecule is Cc1cc(O)ccc1NC(=O)C1CCCCCCC1. The number of nitrogens with one attached hydrogen (secondary N) is 1. The Kier molecular flexibility index (Phi) is 4.83. The first-order chi connectivity index (χ1) is 9.16. The van der Waals surface area contributed by atoms with E-state index < -0.39 is 0 Å². The van der Waals surface area contributed by atoms with Crippen LogP contribution in [0.1, 0.15) is 50.5 Å². The molecule has 0 unspecified atom stereocenters. The number of phenols is 1. The van der Waals surface area contributed by atoms with Crippen LogP contribution in [0.25, 0.3) is 0 Å². The molecule has 19 heavy (non-hydrogen) atoms. The van der Waals surface area contributed by atoms with Crippen LogP contribution < -0.4 is 5.32 Å². The first-order valence-electron chi connectivity index (χ1n) is 7.27. The van der Waals surface area contributed by atoms with E-state index in [2.05, 4.69) is 5.32 Å². The van der Waals surface area contributed by atoms with E-state index in [-0.39, 0.29) is 17.6 Å². The molecular weight excluding hydrogens is 238 g/mol. The normalized spacial score (nSPS) is 17.5. The van der Waals surface area contributed by atoms with Gasteiger partial charge in [0.1, 0.15) is 5.75 Å². The highest BCUT2D eigenvalue weighted by Gasteiger charge is 2.19. The summed E-state index contributed by atoms with van der Waals surface area (Å²) in [5, 5.41) is 12.4. The maximum absolute atomic E-state index is 12.3. The number of anilines is 1. The Balaban J connectivity index is 1.98. The lowest BCUT2D eigenvalue weighted by atomic mass is 9.90. The highest BCUT2D eigenvalue weighted by Crippen LogP contribution is 2.25. The van der Waals surface area contributed by atoms with Crippen molar-refractivity contribution in [2.75, 3.05) is 5.32 Å². The van der Waals surface area contributed by atoms with Gasteiger partial charge in [-0.2, -0.15) is 0 Å². The molecule has 1 saturated carbocycles. The summed E-state index contributed by atoms with van der Waals surface area (Å²) in [6, 6.07) is 5.06. The molecule has 1 aromatic carbocycles. The summed E-state index contributed by atoms with van der Waals surface area (Å²) in [5.74, 6) is 0.519. The number of aryl methyl sites for hydroxylation is 1. The van der Waals surface area contributed by atoms with Gasteiger partial charge in [-0.05, 0) is 43.5 Å². The van der Waals surface area contributed by atoms with Crippen LogP contribution in [-0.2, 0) is 4.79 Å². The summed E-state index contributed by atoms with van der Waals surface area (Å²) >= 11 is 0. The number of hydrogen-bond donors (Lipinski definition) is 2. The molecule has 0 radical (unpaired) electrons. The van der Waals surface area contributed by atoms with Crippen molar-refractivity contribution in [3.05, 3.63) is 23.8 Å². The molecule has 3 heteroatoms. The standard InChI is InChI=1S/C16H23NO2/c1-12-11-14(18)9-10-15(12)17-16(19)13-7-5-3-2-4-6-8-13/h9-11,13,18H,2-8H2,1H3,(H,17,19). The Morgan fingerprint density at radius 1 is 1.16 bits per heavy atom. The minimum absolute atomic E-state index is 0.135. The van der Waals surface area contributed by atoms with Crippen molar-refractivity contribution >= 4 is 11.6 Å². The van der Waals surface area contributed by atoms with Crippen molar-refractivity contribution in [3.63, 3.8) is 0 Å². The number of benzene rings is 1. The number of carbonyl (C=O) groups excluding carboxylic acids is 1. The van der Waals surface area contributed by atoms with E-state index in [1.165, 1.54) is 19.3 Å². The number of aromatic hydroxyl groups is 1. The molecular formula is C16H23NO2. The molecule has 1 amide bonds. The van der Waals surface area contributed by atoms with Gasteiger partial charge < -0.3 is 10.4 Å². The van der Waals surface area contributed by atoms with E-state index in [1.54, 1.807) is 18.2 Å². The van der Waals surface area contributed by atoms with Crippen molar-refractivity contribution < 1.29 is 9.90 Å². The van der Waals surface area contributed by atoms with E-state index in [0.717, 1.165) is 36.9 Å². The van der Waals surface area contributed by atoms with Gasteiger partial charge in [-0.1, -0.05) is 32.1 Å². The predicted molar refractivity (Wildman–Crippen MR) is 77.3 cm³/mol. The largest absolute Gasteiger partial charge is 0.508 e. The van der Waals surface area contributed by atoms with Gasteiger partial charge in [0.15, 0.2) is 0 Å². The first kappa shape index (κ1) is 13.9. The molecule has 1 aromatic rings. The van der Waals surface area contributed by atoms with E-state index in [4.69, 9.17) is 0 Å². The topological polar surface area (TPSA) is 49.3 Å². The molecule has 1 fully saturated rings. The summed E-state index contributed by atoms with van der Waals surface area (Å²) in [5.41, 5.74) is 1.71. The molecule has 0 heterocycles. The maximum atomic E-state index is 12.3. The minimum atomic E-state index is 0.135. The summed E-state index contributed by atoms with van der Waals surface area (Å²) in [7, 11) is 0. The Bertz CT molecular complexity index is 434. The Labute approximate surface area is 115 Å². The second-order valence-electron chi connectivity index (χ2n) is 5.53. The Morgan fingerprint density at radius 3 is 2.42 bits per heavy atom. The fourth-order valence-electron chi connectivity index (χ4n) is 2.74. The molecule has 0 aliphatic heterocycles. The lowest BCUT2D eigenvalue weighted by Gasteiger charge is -2.19. The molecule has 1 aliphatic carbocycles. The number of amides is 1. The average Bonchev–Trinajstić information content (AvgIpc) is 2.32. The number of phenolic OH excluding ortho intramolecular Hbond substituents is 1. The second kappa shape index (κ2) is 6.60. The van der Waals surface area contributed by atoms with Crippen molar-refractivity contribution in [1.82, 2.24) is 0 Å². The Hall–Kier alpha value is -1.51. The van der Waals surface area contributed by atoms with Crippen LogP contribution in [0.2, 0.25) is 0 Å². The lowest BCUT2D eigenvalue weighted by Crippen LogP contribution is -2.24. The zero-order chi connectivity index (χ0) is 13.7. The number of rotatable bonds is 2. The monoisotopic (exact) mass is 261 g/mol. The third-order valence-electron chi connectivity index (χ3n) is 3.94. The fourth-order valence-corrected chi connectivity index (χ4v) is 2.74. The molecule has 104 valence electrons. The fraction of sp³-hybridized carbons (Fsp3) is 0.562. The molecule has 0 bridgehead atoms. The molecule has 0 atom stereocenters. The summed E-state index contributed by atoms with van der Waals surface area (Å²) in [6.45, 7) is 1.90. The van der Waals surface area contributed by atoms with Crippen LogP contribution in [0.5, 0.6) is 5.75 Å². The van der Waals surface area contributed by atoms with E-state index in [0.29, 0.717) is 0 Å². The lowest BCUT2D eigenvalue weighted by molar-refractivity contribution is -0.120. The predicted octanol–water partition coefficient (Wildman–Crippen LogP) is 4.00. The van der Waals surface area contributed by atoms with Crippen LogP contribution >= 0.6 is 0 Å². The summed E-state index contributed by atoms with van der Waals surface area (Å²) < 4.78 is 0. The van der Waals surface area contributed by atoms with Crippen LogP contribution in [-0.4, -0.2) is 11.0 Å². The third-order valence-corrected chi connectivity index (χ3v) is 3.94. The molecule has 2 rings (SSSR count). The molecule has 0 aromatic heterocycles. The van der Waals surface area contributed by atoms with Crippen LogP contribution in [0.15, 0.2) is 18.2 Å². The minimum Gasteiger partial charge on any atom is -0.508 e. The van der Waals surface area contributed by atoms with Gasteiger partial charge in [0.2, 0.25) is 5.91 Å². The van der Waals surface area contributed by atoms with Gasteiger partial charge in [-0.15, -0.1) is 0 Å². The van der Waals surface area contributed by atoms with Gasteiger partial charge >= 0.3 is 0 Å². The Morgan fingerprint density at radius 2 is 1.79 bits per heavy atom. The third kappa shape index (κ3) is 3.98. The smallest absolute Gasteiger partial charge is 0.227 e. The van der Waals surface area contributed by atoms with Gasteiger partial charge in [-0.3, -0.25) is 4.79 Å². The zero-order valence-corrected chi connectivity index (χ0v) is 11.6. The van der Waals surface area contributed by atoms with E-state index in [1.807, 2.05) is 6.92 Å². The first-order valence-corrected chi connectivity index (χ1v) is 7.27. The summed E-state index contributed by atoms with van der Waals surface area (Å²) in [6.07, 6.45) is 8.14. The zero-order valence-electron chi connectivity index (χ0n) is 11.6. The second-order valence-corrected chi connectivity index (χ2v) is 5.53. The van der Waals surface area contributed by atoms with Crippen LogP contribution in [0, 0.1) is 12.8 Å². The number of hydrogen-bond acceptors (Lipinski definition) is 2. The highest BCUT2D eigenvalue weighted by molar-refractivity contribution is 5.93. The number of carbonyl (C=O) groups is 1. The van der Waals surface area contributed by atoms with Crippen molar-refractivity contribution in [3.8, 4) is 5.75 Å². The van der Waals surface area contributed by atoms with Gasteiger partial charge in [-0.25, -0.2) is 0 Å². The van der Waals surface area contributed by atoms with E-state index in [9.17, 15) is 9.90 Å². The van der Waals surface area contributed by atoms with Gasteiger partial charge in [0.05, 0.1) is 0 Å². The van der Waals surface area contributed by atoms with Gasteiger partial charge in [0, 0.05) is 11.6 Å². The summed E-state index contributed by atoms with van der Waals surface area (Å²) in [4.78, 5) is 12.3. The highest BCUT2D eigenvalue weighted by atomic mass is 16.3. The molecule has 1 aliphatic rings. The van der Waals surface area contributed by atoms with Crippen LogP contribution in [0.3, 0.4) is 0 Å². The van der Waals surface area contributed by atoms with Crippen LogP contribution in [0.4, 0.5) is 5.69 Å². The van der Waals surface area contributed by atoms with Gasteiger partial charge in [0.25, 0.3) is 0 Å². The quantitative estimate of drug-likeness (QED) is 0.790. The molecule has 0 saturated heterocycles. The maximum Gasteiger partial charge on any atom is 0.227 e.